The molecular weight excluding hydrogens is 298 g/mol. The Bertz CT molecular complexity index is 758. The maximum absolute atomic E-state index is 12.1. The van der Waals surface area contributed by atoms with Crippen LogP contribution in [0.3, 0.4) is 0 Å². The van der Waals surface area contributed by atoms with Crippen LogP contribution in [0.4, 0.5) is 11.6 Å². The molecule has 1 aliphatic heterocycles. The molecule has 1 aromatic carbocycles. The summed E-state index contributed by atoms with van der Waals surface area (Å²) >= 11 is 0. The van der Waals surface area contributed by atoms with Crippen LogP contribution in [0.5, 0.6) is 5.75 Å². The number of benzene rings is 1. The smallest absolute Gasteiger partial charge is 0.337 e. The summed E-state index contributed by atoms with van der Waals surface area (Å²) in [6.45, 7) is 0.270. The van der Waals surface area contributed by atoms with Gasteiger partial charge < -0.3 is 15.2 Å². The largest absolute Gasteiger partial charge is 0.480 e. The van der Waals surface area contributed by atoms with Crippen LogP contribution in [0.1, 0.15) is 15.9 Å². The zero-order chi connectivity index (χ0) is 16.4. The van der Waals surface area contributed by atoms with Crippen LogP contribution in [0.25, 0.3) is 0 Å². The fourth-order valence-electron chi connectivity index (χ4n) is 2.30. The van der Waals surface area contributed by atoms with Crippen LogP contribution in [0, 0.1) is 0 Å². The van der Waals surface area contributed by atoms with Gasteiger partial charge >= 0.3 is 5.97 Å². The first-order valence-electron chi connectivity index (χ1n) is 6.95. The summed E-state index contributed by atoms with van der Waals surface area (Å²) in [5.74, 6) is 0.628. The Labute approximate surface area is 132 Å². The summed E-state index contributed by atoms with van der Waals surface area (Å²) in [5.41, 5.74) is 7.00. The number of fused-ring (bicyclic) bond motifs is 1. The van der Waals surface area contributed by atoms with Gasteiger partial charge in [0.05, 0.1) is 19.2 Å². The third-order valence-electron chi connectivity index (χ3n) is 3.48. The quantitative estimate of drug-likeness (QED) is 0.860. The molecule has 0 bridgehead atoms. The van der Waals surface area contributed by atoms with Crippen molar-refractivity contribution in [3.05, 3.63) is 47.5 Å². The van der Waals surface area contributed by atoms with E-state index in [1.807, 2.05) is 0 Å². The number of carbonyl (C=O) groups is 2. The van der Waals surface area contributed by atoms with E-state index in [-0.39, 0.29) is 12.5 Å². The van der Waals surface area contributed by atoms with Crippen LogP contribution < -0.4 is 15.4 Å². The Kier molecular flexibility index (Phi) is 3.84. The lowest BCUT2D eigenvalue weighted by atomic mass is 10.1. The van der Waals surface area contributed by atoms with Gasteiger partial charge in [-0.25, -0.2) is 9.78 Å². The monoisotopic (exact) mass is 313 g/mol. The first-order chi connectivity index (χ1) is 11.1. The average molecular weight is 313 g/mol. The van der Waals surface area contributed by atoms with Gasteiger partial charge in [-0.1, -0.05) is 12.1 Å². The number of amides is 1. The van der Waals surface area contributed by atoms with Gasteiger partial charge in [0, 0.05) is 0 Å². The summed E-state index contributed by atoms with van der Waals surface area (Å²) in [5, 5.41) is 0. The molecule has 23 heavy (non-hydrogen) atoms. The molecule has 0 saturated heterocycles. The van der Waals surface area contributed by atoms with E-state index in [0.717, 1.165) is 5.56 Å². The fraction of sp³-hybridized carbons (Fsp3) is 0.188. The molecule has 0 aliphatic carbocycles. The first kappa shape index (κ1) is 14.8. The minimum absolute atomic E-state index is 0.0428. The average Bonchev–Trinajstić information content (AvgIpc) is 2.57. The number of pyridine rings is 1. The minimum Gasteiger partial charge on any atom is -0.480 e. The normalized spacial score (nSPS) is 13.3. The van der Waals surface area contributed by atoms with Crippen LogP contribution in [0.2, 0.25) is 0 Å². The zero-order valence-electron chi connectivity index (χ0n) is 12.5. The summed E-state index contributed by atoms with van der Waals surface area (Å²) in [7, 11) is 1.33. The lowest BCUT2D eigenvalue weighted by Crippen LogP contribution is -2.39. The third kappa shape index (κ3) is 2.94. The Morgan fingerprint density at radius 3 is 2.74 bits per heavy atom. The van der Waals surface area contributed by atoms with Crippen molar-refractivity contribution in [3.8, 4) is 5.75 Å². The van der Waals surface area contributed by atoms with Gasteiger partial charge in [-0.05, 0) is 29.8 Å². The highest BCUT2D eigenvalue weighted by molar-refractivity contribution is 5.96. The fourth-order valence-corrected chi connectivity index (χ4v) is 2.30. The van der Waals surface area contributed by atoms with Crippen LogP contribution in [-0.2, 0) is 16.1 Å². The van der Waals surface area contributed by atoms with Crippen LogP contribution in [-0.4, -0.2) is 30.6 Å². The number of esters is 1. The highest BCUT2D eigenvalue weighted by Crippen LogP contribution is 2.31. The van der Waals surface area contributed by atoms with Crippen molar-refractivity contribution in [1.82, 2.24) is 4.98 Å². The van der Waals surface area contributed by atoms with Crippen molar-refractivity contribution in [1.29, 1.82) is 0 Å². The van der Waals surface area contributed by atoms with Crippen molar-refractivity contribution in [2.45, 2.75) is 6.54 Å². The second-order valence-corrected chi connectivity index (χ2v) is 5.01. The molecule has 0 unspecified atom stereocenters. The van der Waals surface area contributed by atoms with E-state index in [1.165, 1.54) is 12.0 Å². The molecule has 1 aromatic heterocycles. The molecule has 2 aromatic rings. The Balaban J connectivity index is 1.86. The summed E-state index contributed by atoms with van der Waals surface area (Å²) < 4.78 is 10.0. The lowest BCUT2D eigenvalue weighted by molar-refractivity contribution is -0.121. The van der Waals surface area contributed by atoms with Gasteiger partial charge in [0.25, 0.3) is 5.91 Å². The molecule has 118 valence electrons. The van der Waals surface area contributed by atoms with E-state index in [9.17, 15) is 9.59 Å². The number of ether oxygens (including phenoxy) is 2. The number of anilines is 2. The summed E-state index contributed by atoms with van der Waals surface area (Å²) in [6.07, 6.45) is 0. The molecule has 0 radical (unpaired) electrons. The second kappa shape index (κ2) is 5.96. The number of rotatable bonds is 3. The molecule has 0 spiro atoms. The van der Waals surface area contributed by atoms with E-state index in [4.69, 9.17) is 10.5 Å². The van der Waals surface area contributed by atoms with Crippen LogP contribution >= 0.6 is 0 Å². The Hall–Kier alpha value is -3.09. The maximum atomic E-state index is 12.1. The molecule has 0 fully saturated rings. The standard InChI is InChI=1S/C16H15N3O4/c1-22-16(21)11-4-2-10(3-5-11)8-19-14(20)9-23-12-6-7-13(17)18-15(12)19/h2-7H,8-9H2,1H3,(H2,17,18). The molecule has 1 aliphatic rings. The predicted molar refractivity (Wildman–Crippen MR) is 83.1 cm³/mol. The molecule has 7 nitrogen and oxygen atoms in total. The number of carbonyl (C=O) groups excluding carboxylic acids is 2. The molecule has 3 rings (SSSR count). The molecule has 0 atom stereocenters. The number of hydrogen-bond donors (Lipinski definition) is 1. The van der Waals surface area contributed by atoms with Crippen molar-refractivity contribution >= 4 is 23.5 Å². The van der Waals surface area contributed by atoms with Gasteiger partial charge in [-0.3, -0.25) is 9.69 Å². The van der Waals surface area contributed by atoms with Gasteiger partial charge in [0.2, 0.25) is 0 Å². The number of hydrogen-bond acceptors (Lipinski definition) is 6. The minimum atomic E-state index is -0.404. The van der Waals surface area contributed by atoms with E-state index in [2.05, 4.69) is 9.72 Å². The van der Waals surface area contributed by atoms with Gasteiger partial charge in [-0.2, -0.15) is 0 Å². The van der Waals surface area contributed by atoms with E-state index in [1.54, 1.807) is 36.4 Å². The number of nitrogen functional groups attached to an aromatic ring is 1. The molecule has 0 saturated carbocycles. The molecule has 1 amide bonds. The first-order valence-corrected chi connectivity index (χ1v) is 6.95. The van der Waals surface area contributed by atoms with Crippen LogP contribution in [0.15, 0.2) is 36.4 Å². The number of nitrogens with two attached hydrogens (primary N) is 1. The SMILES string of the molecule is COC(=O)c1ccc(CN2C(=O)COc3ccc(N)nc32)cc1. The van der Waals surface area contributed by atoms with Crippen molar-refractivity contribution in [3.63, 3.8) is 0 Å². The molecular formula is C16H15N3O4. The van der Waals surface area contributed by atoms with Gasteiger partial charge in [0.15, 0.2) is 18.2 Å². The van der Waals surface area contributed by atoms with Crippen molar-refractivity contribution < 1.29 is 19.1 Å². The summed E-state index contributed by atoms with van der Waals surface area (Å²) in [6, 6.07) is 10.1. The molecule has 2 N–H and O–H groups in total. The van der Waals surface area contributed by atoms with E-state index < -0.39 is 5.97 Å². The predicted octanol–water partition coefficient (Wildman–Crippen LogP) is 1.38. The Morgan fingerprint density at radius 1 is 1.30 bits per heavy atom. The highest BCUT2D eigenvalue weighted by Gasteiger charge is 2.27. The van der Waals surface area contributed by atoms with E-state index in [0.29, 0.717) is 29.5 Å². The van der Waals surface area contributed by atoms with Crippen molar-refractivity contribution in [2.75, 3.05) is 24.4 Å². The lowest BCUT2D eigenvalue weighted by Gasteiger charge is -2.28. The highest BCUT2D eigenvalue weighted by atomic mass is 16.5. The topological polar surface area (TPSA) is 94.8 Å². The van der Waals surface area contributed by atoms with Gasteiger partial charge in [-0.15, -0.1) is 0 Å². The molecule has 2 heterocycles. The number of aromatic nitrogens is 1. The number of methoxy groups -OCH3 is 1. The van der Waals surface area contributed by atoms with E-state index >= 15 is 0 Å². The van der Waals surface area contributed by atoms with Crippen molar-refractivity contribution in [2.24, 2.45) is 0 Å². The second-order valence-electron chi connectivity index (χ2n) is 5.01. The maximum Gasteiger partial charge on any atom is 0.337 e. The Morgan fingerprint density at radius 2 is 2.04 bits per heavy atom. The zero-order valence-corrected chi connectivity index (χ0v) is 12.5. The summed E-state index contributed by atoms with van der Waals surface area (Å²) in [4.78, 5) is 29.3. The van der Waals surface area contributed by atoms with Gasteiger partial charge in [0.1, 0.15) is 5.82 Å². The molecule has 7 heteroatoms. The third-order valence-corrected chi connectivity index (χ3v) is 3.48. The number of nitrogens with zero attached hydrogens (tertiary/aromatic N) is 2.